The van der Waals surface area contributed by atoms with Gasteiger partial charge in [0.15, 0.2) is 0 Å². The number of amides is 2. The predicted molar refractivity (Wildman–Crippen MR) is 122 cm³/mol. The molecule has 2 amide bonds. The molecule has 0 aliphatic carbocycles. The van der Waals surface area contributed by atoms with Crippen LogP contribution in [0.15, 0.2) is 18.2 Å². The van der Waals surface area contributed by atoms with Gasteiger partial charge in [0.05, 0.1) is 12.7 Å². The summed E-state index contributed by atoms with van der Waals surface area (Å²) in [4.78, 5) is 27.3. The molecule has 0 bridgehead atoms. The third kappa shape index (κ3) is 9.80. The summed E-state index contributed by atoms with van der Waals surface area (Å²) in [6.07, 6.45) is 0.387. The van der Waals surface area contributed by atoms with Crippen LogP contribution in [0.2, 0.25) is 0 Å². The molecule has 7 nitrogen and oxygen atoms in total. The first-order valence-corrected chi connectivity index (χ1v) is 11.3. The number of nitrogens with one attached hydrogen (secondary N) is 1. The summed E-state index contributed by atoms with van der Waals surface area (Å²) in [6, 6.07) is 5.07. The molecule has 0 fully saturated rings. The van der Waals surface area contributed by atoms with Crippen molar-refractivity contribution in [1.29, 1.82) is 0 Å². The maximum absolute atomic E-state index is 12.9. The predicted octanol–water partition coefficient (Wildman–Crippen LogP) is 2.77. The van der Waals surface area contributed by atoms with E-state index in [1.54, 1.807) is 23.1 Å². The molecular weight excluding hydrogens is 396 g/mol. The zero-order chi connectivity index (χ0) is 23.4. The number of carbonyl (C=O) groups is 2. The third-order valence-electron chi connectivity index (χ3n) is 4.90. The lowest BCUT2D eigenvalue weighted by Gasteiger charge is -2.22. The molecule has 7 heteroatoms. The molecule has 0 radical (unpaired) electrons. The lowest BCUT2D eigenvalue weighted by atomic mass is 10.0. The first-order chi connectivity index (χ1) is 14.7. The highest BCUT2D eigenvalue weighted by molar-refractivity contribution is 6.00. The molecule has 1 rings (SSSR count). The Morgan fingerprint density at radius 1 is 1.03 bits per heavy atom. The molecule has 0 spiro atoms. The van der Waals surface area contributed by atoms with E-state index in [4.69, 9.17) is 4.74 Å². The maximum Gasteiger partial charge on any atom is 0.253 e. The summed E-state index contributed by atoms with van der Waals surface area (Å²) in [7, 11) is 0. The van der Waals surface area contributed by atoms with Gasteiger partial charge in [-0.1, -0.05) is 27.7 Å². The van der Waals surface area contributed by atoms with Gasteiger partial charge in [-0.2, -0.15) is 0 Å². The van der Waals surface area contributed by atoms with Crippen LogP contribution in [0, 0.1) is 12.8 Å². The molecule has 2 unspecified atom stereocenters. The van der Waals surface area contributed by atoms with E-state index in [2.05, 4.69) is 19.2 Å². The highest BCUT2D eigenvalue weighted by atomic mass is 16.5. The van der Waals surface area contributed by atoms with Crippen molar-refractivity contribution < 1.29 is 24.5 Å². The average Bonchev–Trinajstić information content (AvgIpc) is 2.73. The number of rotatable bonds is 14. The molecule has 0 aliphatic heterocycles. The van der Waals surface area contributed by atoms with E-state index >= 15 is 0 Å². The number of carbonyl (C=O) groups excluding carboxylic acids is 2. The Kier molecular flexibility index (Phi) is 12.4. The maximum atomic E-state index is 12.9. The Bertz CT molecular complexity index is 687. The van der Waals surface area contributed by atoms with Crippen LogP contribution in [0.1, 0.15) is 73.2 Å². The SMILES string of the molecule is CCCN(CCC)C(=O)c1cc(C)cc(C(=O)NCC(O)C(O)COCCC(C)C)c1. The van der Waals surface area contributed by atoms with Gasteiger partial charge in [0.25, 0.3) is 11.8 Å². The number of benzene rings is 1. The van der Waals surface area contributed by atoms with Crippen LogP contribution in [0.5, 0.6) is 0 Å². The largest absolute Gasteiger partial charge is 0.388 e. The highest BCUT2D eigenvalue weighted by Gasteiger charge is 2.20. The fraction of sp³-hybridized carbons (Fsp3) is 0.667. The van der Waals surface area contributed by atoms with Gasteiger partial charge in [0, 0.05) is 37.4 Å². The molecule has 0 saturated carbocycles. The fourth-order valence-corrected chi connectivity index (χ4v) is 3.14. The number of aliphatic hydroxyl groups is 2. The number of ether oxygens (including phenoxy) is 1. The molecular formula is C24H40N2O5. The van der Waals surface area contributed by atoms with Gasteiger partial charge in [-0.25, -0.2) is 0 Å². The second-order valence-corrected chi connectivity index (χ2v) is 8.48. The van der Waals surface area contributed by atoms with Crippen molar-refractivity contribution in [3.05, 3.63) is 34.9 Å². The Morgan fingerprint density at radius 2 is 1.65 bits per heavy atom. The summed E-state index contributed by atoms with van der Waals surface area (Å²) in [5.41, 5.74) is 1.64. The van der Waals surface area contributed by atoms with Crippen LogP contribution in [-0.4, -0.2) is 72.0 Å². The van der Waals surface area contributed by atoms with E-state index in [1.165, 1.54) is 0 Å². The van der Waals surface area contributed by atoms with E-state index in [0.717, 1.165) is 24.8 Å². The van der Waals surface area contributed by atoms with Gasteiger partial charge in [-0.05, 0) is 55.9 Å². The molecule has 0 aromatic heterocycles. The molecule has 0 saturated heterocycles. The fourth-order valence-electron chi connectivity index (χ4n) is 3.14. The van der Waals surface area contributed by atoms with Gasteiger partial charge < -0.3 is 25.2 Å². The number of aliphatic hydroxyl groups excluding tert-OH is 2. The van der Waals surface area contributed by atoms with Crippen molar-refractivity contribution in [3.63, 3.8) is 0 Å². The molecule has 2 atom stereocenters. The minimum absolute atomic E-state index is 0.0115. The summed E-state index contributed by atoms with van der Waals surface area (Å²) in [5, 5.41) is 22.7. The molecule has 0 aliphatic rings. The van der Waals surface area contributed by atoms with E-state index in [-0.39, 0.29) is 19.1 Å². The minimum atomic E-state index is -1.14. The quantitative estimate of drug-likeness (QED) is 0.390. The zero-order valence-electron chi connectivity index (χ0n) is 19.7. The van der Waals surface area contributed by atoms with Crippen LogP contribution in [0.3, 0.4) is 0 Å². The number of hydrogen-bond donors (Lipinski definition) is 3. The summed E-state index contributed by atoms with van der Waals surface area (Å²) < 4.78 is 5.37. The smallest absolute Gasteiger partial charge is 0.253 e. The van der Waals surface area contributed by atoms with Gasteiger partial charge >= 0.3 is 0 Å². The molecule has 3 N–H and O–H groups in total. The van der Waals surface area contributed by atoms with Gasteiger partial charge in [0.1, 0.15) is 6.10 Å². The Labute approximate surface area is 186 Å². The highest BCUT2D eigenvalue weighted by Crippen LogP contribution is 2.13. The van der Waals surface area contributed by atoms with Crippen LogP contribution >= 0.6 is 0 Å². The van der Waals surface area contributed by atoms with Gasteiger partial charge in [-0.3, -0.25) is 9.59 Å². The van der Waals surface area contributed by atoms with Crippen molar-refractivity contribution in [2.45, 2.75) is 66.1 Å². The summed E-state index contributed by atoms with van der Waals surface area (Å²) >= 11 is 0. The topological polar surface area (TPSA) is 99.1 Å². The minimum Gasteiger partial charge on any atom is -0.388 e. The average molecular weight is 437 g/mol. The van der Waals surface area contributed by atoms with Crippen LogP contribution < -0.4 is 5.32 Å². The molecule has 0 heterocycles. The standard InChI is InChI=1S/C24H40N2O5/c1-6-9-26(10-7-2)24(30)20-13-18(5)12-19(14-20)23(29)25-15-21(27)22(28)16-31-11-8-17(3)4/h12-14,17,21-22,27-28H,6-11,15-16H2,1-5H3,(H,25,29). The van der Waals surface area contributed by atoms with Crippen molar-refractivity contribution in [1.82, 2.24) is 10.2 Å². The van der Waals surface area contributed by atoms with Crippen molar-refractivity contribution in [3.8, 4) is 0 Å². The molecule has 1 aromatic carbocycles. The number of nitrogens with zero attached hydrogens (tertiary/aromatic N) is 1. The van der Waals surface area contributed by atoms with Gasteiger partial charge in [0.2, 0.25) is 0 Å². The molecule has 176 valence electrons. The lowest BCUT2D eigenvalue weighted by molar-refractivity contribution is -0.0377. The number of aryl methyl sites for hydroxylation is 1. The second-order valence-electron chi connectivity index (χ2n) is 8.48. The van der Waals surface area contributed by atoms with Crippen molar-refractivity contribution >= 4 is 11.8 Å². The van der Waals surface area contributed by atoms with Crippen molar-refractivity contribution in [2.24, 2.45) is 5.92 Å². The number of hydrogen-bond acceptors (Lipinski definition) is 5. The Balaban J connectivity index is 2.69. The molecule has 31 heavy (non-hydrogen) atoms. The van der Waals surface area contributed by atoms with Crippen LogP contribution in [0.25, 0.3) is 0 Å². The molecule has 1 aromatic rings. The first kappa shape index (κ1) is 27.1. The van der Waals surface area contributed by atoms with Crippen molar-refractivity contribution in [2.75, 3.05) is 32.8 Å². The Hall–Kier alpha value is -1.96. The van der Waals surface area contributed by atoms with Crippen LogP contribution in [-0.2, 0) is 4.74 Å². The first-order valence-electron chi connectivity index (χ1n) is 11.3. The normalized spacial score (nSPS) is 13.2. The van der Waals surface area contributed by atoms with E-state index in [9.17, 15) is 19.8 Å². The third-order valence-corrected chi connectivity index (χ3v) is 4.90. The van der Waals surface area contributed by atoms with E-state index in [0.29, 0.717) is 36.7 Å². The monoisotopic (exact) mass is 436 g/mol. The lowest BCUT2D eigenvalue weighted by Crippen LogP contribution is -2.41. The second kappa shape index (κ2) is 14.2. The zero-order valence-corrected chi connectivity index (χ0v) is 19.7. The summed E-state index contributed by atoms with van der Waals surface area (Å²) in [6.45, 7) is 11.8. The van der Waals surface area contributed by atoms with E-state index < -0.39 is 18.1 Å². The van der Waals surface area contributed by atoms with E-state index in [1.807, 2.05) is 20.8 Å². The summed E-state index contributed by atoms with van der Waals surface area (Å²) in [5.74, 6) is 0.0150. The Morgan fingerprint density at radius 3 is 2.23 bits per heavy atom. The van der Waals surface area contributed by atoms with Gasteiger partial charge in [-0.15, -0.1) is 0 Å². The van der Waals surface area contributed by atoms with Crippen LogP contribution in [0.4, 0.5) is 0 Å².